The van der Waals surface area contributed by atoms with Gasteiger partial charge in [0.05, 0.1) is 29.7 Å². The Hall–Kier alpha value is -1.90. The number of nitriles is 1. The van der Waals surface area contributed by atoms with Crippen molar-refractivity contribution in [2.24, 2.45) is 0 Å². The number of aromatic hydroxyl groups is 1. The highest BCUT2D eigenvalue weighted by atomic mass is 19.4. The number of phenolic OH excluding ortho intramolecular Hbond substituents is 1. The van der Waals surface area contributed by atoms with E-state index in [4.69, 9.17) is 10.00 Å². The number of phenols is 1. The highest BCUT2D eigenvalue weighted by Gasteiger charge is 2.35. The Kier molecular flexibility index (Phi) is 3.47. The Morgan fingerprint density at radius 1 is 1.28 bits per heavy atom. The first-order valence-corrected chi connectivity index (χ1v) is 5.03. The van der Waals surface area contributed by atoms with Crippen LogP contribution in [0.4, 0.5) is 13.2 Å². The van der Waals surface area contributed by atoms with E-state index >= 15 is 0 Å². The van der Waals surface area contributed by atoms with Gasteiger partial charge in [0.15, 0.2) is 0 Å². The van der Waals surface area contributed by atoms with Gasteiger partial charge < -0.3 is 9.84 Å². The summed E-state index contributed by atoms with van der Waals surface area (Å²) in [6.07, 6.45) is -4.58. The van der Waals surface area contributed by atoms with E-state index in [2.05, 4.69) is 0 Å². The number of ether oxygens (including phenoxy) is 1. The normalized spacial score (nSPS) is 12.1. The number of hydrogen-bond donors (Lipinski definition) is 1. The first kappa shape index (κ1) is 14.2. The third kappa shape index (κ3) is 2.50. The Morgan fingerprint density at radius 3 is 2.22 bits per heavy atom. The van der Waals surface area contributed by atoms with Crippen molar-refractivity contribution in [3.63, 3.8) is 0 Å². The zero-order valence-electron chi connectivity index (χ0n) is 10.1. The second kappa shape index (κ2) is 4.41. The number of rotatable bonds is 2. The molecule has 1 rings (SSSR count). The van der Waals surface area contributed by atoms with Gasteiger partial charge in [0.2, 0.25) is 0 Å². The second-order valence-corrected chi connectivity index (χ2v) is 4.31. The molecular formula is C12H12F3NO2. The SMILES string of the molecule is COc1cc(C(F)(F)F)cc(O)c1C(C)(C)C#N. The molecule has 0 aromatic heterocycles. The zero-order chi connectivity index (χ0) is 14.1. The van der Waals surface area contributed by atoms with Crippen LogP contribution in [0.2, 0.25) is 0 Å². The summed E-state index contributed by atoms with van der Waals surface area (Å²) in [7, 11) is 1.19. The first-order chi connectivity index (χ1) is 8.13. The second-order valence-electron chi connectivity index (χ2n) is 4.31. The highest BCUT2D eigenvalue weighted by Crippen LogP contribution is 2.42. The van der Waals surface area contributed by atoms with Crippen LogP contribution in [0.15, 0.2) is 12.1 Å². The molecule has 0 radical (unpaired) electrons. The van der Waals surface area contributed by atoms with E-state index in [1.165, 1.54) is 21.0 Å². The summed E-state index contributed by atoms with van der Waals surface area (Å²) in [5.74, 6) is -0.762. The molecule has 0 unspecified atom stereocenters. The van der Waals surface area contributed by atoms with Crippen LogP contribution >= 0.6 is 0 Å². The predicted octanol–water partition coefficient (Wildman–Crippen LogP) is 3.22. The molecule has 0 heterocycles. The predicted molar refractivity (Wildman–Crippen MR) is 58.3 cm³/mol. The number of halogens is 3. The largest absolute Gasteiger partial charge is 0.507 e. The molecule has 3 nitrogen and oxygen atoms in total. The molecule has 1 aromatic rings. The number of methoxy groups -OCH3 is 1. The molecule has 0 atom stereocenters. The van der Waals surface area contributed by atoms with Crippen molar-refractivity contribution in [3.8, 4) is 17.6 Å². The van der Waals surface area contributed by atoms with E-state index in [1.807, 2.05) is 6.07 Å². The van der Waals surface area contributed by atoms with Crippen molar-refractivity contribution in [3.05, 3.63) is 23.3 Å². The Bertz CT molecular complexity index is 501. The summed E-state index contributed by atoms with van der Waals surface area (Å²) in [4.78, 5) is 0. The molecule has 98 valence electrons. The van der Waals surface area contributed by atoms with Gasteiger partial charge in [-0.05, 0) is 26.0 Å². The smallest absolute Gasteiger partial charge is 0.416 e. The molecule has 0 aliphatic rings. The van der Waals surface area contributed by atoms with Crippen LogP contribution in [0.3, 0.4) is 0 Å². The number of alkyl halides is 3. The molecule has 0 amide bonds. The van der Waals surface area contributed by atoms with Crippen molar-refractivity contribution in [1.82, 2.24) is 0 Å². The van der Waals surface area contributed by atoms with Crippen molar-refractivity contribution in [2.75, 3.05) is 7.11 Å². The molecule has 0 fully saturated rings. The summed E-state index contributed by atoms with van der Waals surface area (Å²) in [6.45, 7) is 2.97. The molecule has 6 heteroatoms. The van der Waals surface area contributed by atoms with Gasteiger partial charge in [0.1, 0.15) is 11.5 Å². The van der Waals surface area contributed by atoms with Crippen molar-refractivity contribution in [2.45, 2.75) is 25.4 Å². The molecular weight excluding hydrogens is 247 g/mol. The molecule has 0 saturated heterocycles. The van der Waals surface area contributed by atoms with Crippen molar-refractivity contribution >= 4 is 0 Å². The van der Waals surface area contributed by atoms with Gasteiger partial charge in [-0.3, -0.25) is 0 Å². The van der Waals surface area contributed by atoms with Crippen LogP contribution in [-0.4, -0.2) is 12.2 Å². The molecule has 0 bridgehead atoms. The minimum absolute atomic E-state index is 0.0421. The van der Waals surface area contributed by atoms with E-state index in [0.29, 0.717) is 6.07 Å². The monoisotopic (exact) mass is 259 g/mol. The lowest BCUT2D eigenvalue weighted by atomic mass is 9.84. The van der Waals surface area contributed by atoms with E-state index in [0.717, 1.165) is 6.07 Å². The fourth-order valence-electron chi connectivity index (χ4n) is 1.61. The van der Waals surface area contributed by atoms with Crippen LogP contribution in [0.5, 0.6) is 11.5 Å². The minimum Gasteiger partial charge on any atom is -0.507 e. The topological polar surface area (TPSA) is 53.2 Å². The number of nitrogens with zero attached hydrogens (tertiary/aromatic N) is 1. The zero-order valence-corrected chi connectivity index (χ0v) is 10.1. The summed E-state index contributed by atoms with van der Waals surface area (Å²) >= 11 is 0. The first-order valence-electron chi connectivity index (χ1n) is 5.03. The fraction of sp³-hybridized carbons (Fsp3) is 0.417. The Balaban J connectivity index is 3.54. The average molecular weight is 259 g/mol. The quantitative estimate of drug-likeness (QED) is 0.887. The summed E-state index contributed by atoms with van der Waals surface area (Å²) in [6, 6.07) is 3.28. The van der Waals surface area contributed by atoms with Gasteiger partial charge in [0, 0.05) is 0 Å². The summed E-state index contributed by atoms with van der Waals surface area (Å²) in [5, 5.41) is 18.7. The van der Waals surface area contributed by atoms with Crippen LogP contribution in [0.25, 0.3) is 0 Å². The van der Waals surface area contributed by atoms with Gasteiger partial charge >= 0.3 is 6.18 Å². The van der Waals surface area contributed by atoms with Gasteiger partial charge in [0.25, 0.3) is 0 Å². The molecule has 18 heavy (non-hydrogen) atoms. The van der Waals surface area contributed by atoms with E-state index < -0.39 is 22.9 Å². The standard InChI is InChI=1S/C12H12F3NO2/c1-11(2,6-16)10-8(17)4-7(12(13,14)15)5-9(10)18-3/h4-5,17H,1-3H3. The fourth-order valence-corrected chi connectivity index (χ4v) is 1.61. The lowest BCUT2D eigenvalue weighted by Crippen LogP contribution is -2.17. The van der Waals surface area contributed by atoms with E-state index in [9.17, 15) is 18.3 Å². The maximum absolute atomic E-state index is 12.6. The maximum atomic E-state index is 12.6. The molecule has 0 aliphatic carbocycles. The third-order valence-corrected chi connectivity index (χ3v) is 2.53. The minimum atomic E-state index is -4.58. The van der Waals surface area contributed by atoms with Gasteiger partial charge in [-0.1, -0.05) is 0 Å². The molecule has 1 N–H and O–H groups in total. The Morgan fingerprint density at radius 2 is 1.83 bits per heavy atom. The Labute approximate surface area is 102 Å². The van der Waals surface area contributed by atoms with Gasteiger partial charge in [-0.2, -0.15) is 18.4 Å². The molecule has 0 aliphatic heterocycles. The van der Waals surface area contributed by atoms with Crippen LogP contribution < -0.4 is 4.74 Å². The molecule has 1 aromatic carbocycles. The van der Waals surface area contributed by atoms with E-state index in [-0.39, 0.29) is 11.3 Å². The number of hydrogen-bond acceptors (Lipinski definition) is 3. The van der Waals surface area contributed by atoms with E-state index in [1.54, 1.807) is 0 Å². The van der Waals surface area contributed by atoms with Crippen LogP contribution in [-0.2, 0) is 11.6 Å². The van der Waals surface area contributed by atoms with Gasteiger partial charge in [-0.15, -0.1) is 0 Å². The number of benzene rings is 1. The molecule has 0 spiro atoms. The lowest BCUT2D eigenvalue weighted by molar-refractivity contribution is -0.137. The average Bonchev–Trinajstić information content (AvgIpc) is 2.26. The highest BCUT2D eigenvalue weighted by molar-refractivity contribution is 5.54. The lowest BCUT2D eigenvalue weighted by Gasteiger charge is -2.22. The third-order valence-electron chi connectivity index (χ3n) is 2.53. The van der Waals surface area contributed by atoms with Crippen molar-refractivity contribution < 1.29 is 23.0 Å². The summed E-state index contributed by atoms with van der Waals surface area (Å²) < 4.78 is 42.5. The van der Waals surface area contributed by atoms with Gasteiger partial charge in [-0.25, -0.2) is 0 Å². The van der Waals surface area contributed by atoms with Crippen LogP contribution in [0, 0.1) is 11.3 Å². The summed E-state index contributed by atoms with van der Waals surface area (Å²) in [5.41, 5.74) is -2.13. The molecule has 0 saturated carbocycles. The van der Waals surface area contributed by atoms with Crippen molar-refractivity contribution in [1.29, 1.82) is 5.26 Å². The van der Waals surface area contributed by atoms with Crippen LogP contribution in [0.1, 0.15) is 25.0 Å². The maximum Gasteiger partial charge on any atom is 0.416 e.